The fourth-order valence-electron chi connectivity index (χ4n) is 3.23. The normalized spacial score (nSPS) is 14.6. The van der Waals surface area contributed by atoms with E-state index in [1.165, 1.54) is 0 Å². The van der Waals surface area contributed by atoms with Crippen LogP contribution in [-0.2, 0) is 17.6 Å². The highest BCUT2D eigenvalue weighted by atomic mass is 35.5. The summed E-state index contributed by atoms with van der Waals surface area (Å²) >= 11 is 5.96. The van der Waals surface area contributed by atoms with E-state index in [0.29, 0.717) is 61.4 Å². The largest absolute Gasteiger partial charge is 0.341 e. The number of hydrogen-bond acceptors (Lipinski definition) is 5. The lowest BCUT2D eigenvalue weighted by atomic mass is 10.2. The van der Waals surface area contributed by atoms with Gasteiger partial charge in [0.05, 0.1) is 0 Å². The maximum absolute atomic E-state index is 12.6. The van der Waals surface area contributed by atoms with Crippen molar-refractivity contribution in [2.24, 2.45) is 0 Å². The number of nitrogens with zero attached hydrogens (tertiary/aromatic N) is 4. The zero-order valence-corrected chi connectivity index (χ0v) is 17.3. The molecule has 1 fully saturated rings. The van der Waals surface area contributed by atoms with Gasteiger partial charge in [-0.2, -0.15) is 4.98 Å². The van der Waals surface area contributed by atoms with Gasteiger partial charge in [-0.15, -0.1) is 0 Å². The quantitative estimate of drug-likeness (QED) is 0.774. The lowest BCUT2D eigenvalue weighted by Crippen LogP contribution is -2.39. The van der Waals surface area contributed by atoms with Crippen molar-refractivity contribution in [1.82, 2.24) is 19.9 Å². The molecule has 0 bridgehead atoms. The van der Waals surface area contributed by atoms with E-state index in [4.69, 9.17) is 16.1 Å². The standard InChI is InChI=1S/C20H26ClN5O3/c1-2-5-17-23-18(29-24-17)8-9-19(27)25-10-4-11-26(13-12-25)20(28)22-16-7-3-6-15(21)14-16/h3,6-7,14H,2,4-5,8-13H2,1H3,(H,22,28). The van der Waals surface area contributed by atoms with E-state index in [-0.39, 0.29) is 11.9 Å². The van der Waals surface area contributed by atoms with E-state index >= 15 is 0 Å². The number of aromatic nitrogens is 2. The molecule has 1 aromatic heterocycles. The number of benzene rings is 1. The third-order valence-corrected chi connectivity index (χ3v) is 4.98. The van der Waals surface area contributed by atoms with E-state index < -0.39 is 0 Å². The summed E-state index contributed by atoms with van der Waals surface area (Å²) in [5.74, 6) is 1.22. The summed E-state index contributed by atoms with van der Waals surface area (Å²) in [6, 6.07) is 6.86. The summed E-state index contributed by atoms with van der Waals surface area (Å²) in [6.07, 6.45) is 3.22. The molecule has 8 nitrogen and oxygen atoms in total. The van der Waals surface area contributed by atoms with Gasteiger partial charge in [0.15, 0.2) is 5.82 Å². The molecule has 1 aliphatic heterocycles. The summed E-state index contributed by atoms with van der Waals surface area (Å²) in [7, 11) is 0. The molecule has 1 saturated heterocycles. The van der Waals surface area contributed by atoms with Gasteiger partial charge in [0.1, 0.15) is 0 Å². The number of carbonyl (C=O) groups excluding carboxylic acids is 2. The number of halogens is 1. The van der Waals surface area contributed by atoms with Crippen molar-refractivity contribution in [3.05, 3.63) is 41.0 Å². The number of amides is 3. The molecule has 3 rings (SSSR count). The molecule has 2 aromatic rings. The average Bonchev–Trinajstić information content (AvgIpc) is 2.99. The molecule has 0 saturated carbocycles. The van der Waals surface area contributed by atoms with Crippen LogP contribution in [0.25, 0.3) is 0 Å². The highest BCUT2D eigenvalue weighted by Crippen LogP contribution is 2.16. The Kier molecular flexibility index (Phi) is 7.46. The Labute approximate surface area is 175 Å². The first-order chi connectivity index (χ1) is 14.0. The molecule has 0 aliphatic carbocycles. The number of anilines is 1. The second kappa shape index (κ2) is 10.2. The van der Waals surface area contributed by atoms with Crippen molar-refractivity contribution >= 4 is 29.2 Å². The molecule has 0 radical (unpaired) electrons. The molecule has 1 aromatic carbocycles. The zero-order valence-electron chi connectivity index (χ0n) is 16.6. The van der Waals surface area contributed by atoms with Gasteiger partial charge in [-0.1, -0.05) is 29.7 Å². The first kappa shape index (κ1) is 21.1. The smallest absolute Gasteiger partial charge is 0.321 e. The highest BCUT2D eigenvalue weighted by molar-refractivity contribution is 6.30. The molecule has 0 spiro atoms. The molecule has 9 heteroatoms. The molecular formula is C20H26ClN5O3. The molecule has 29 heavy (non-hydrogen) atoms. The number of carbonyl (C=O) groups is 2. The van der Waals surface area contributed by atoms with Crippen molar-refractivity contribution in [1.29, 1.82) is 0 Å². The molecule has 156 valence electrons. The Balaban J connectivity index is 1.46. The topological polar surface area (TPSA) is 91.6 Å². The van der Waals surface area contributed by atoms with Crippen LogP contribution in [0.5, 0.6) is 0 Å². The van der Waals surface area contributed by atoms with Crippen molar-refractivity contribution in [2.45, 2.75) is 39.0 Å². The molecular weight excluding hydrogens is 394 g/mol. The monoisotopic (exact) mass is 419 g/mol. The second-order valence-electron chi connectivity index (χ2n) is 7.02. The Morgan fingerprint density at radius 2 is 1.97 bits per heavy atom. The SMILES string of the molecule is CCCc1noc(CCC(=O)N2CCCN(C(=O)Nc3cccc(Cl)c3)CC2)n1. The Morgan fingerprint density at radius 1 is 1.17 bits per heavy atom. The number of nitrogens with one attached hydrogen (secondary N) is 1. The van der Waals surface area contributed by atoms with Gasteiger partial charge < -0.3 is 19.6 Å². The highest BCUT2D eigenvalue weighted by Gasteiger charge is 2.22. The third-order valence-electron chi connectivity index (χ3n) is 4.75. The average molecular weight is 420 g/mol. The van der Waals surface area contributed by atoms with Crippen LogP contribution in [0.15, 0.2) is 28.8 Å². The van der Waals surface area contributed by atoms with Crippen molar-refractivity contribution in [2.75, 3.05) is 31.5 Å². The van der Waals surface area contributed by atoms with Crippen LogP contribution in [-0.4, -0.2) is 58.1 Å². The predicted molar refractivity (Wildman–Crippen MR) is 110 cm³/mol. The summed E-state index contributed by atoms with van der Waals surface area (Å²) in [5.41, 5.74) is 0.654. The molecule has 2 heterocycles. The first-order valence-electron chi connectivity index (χ1n) is 9.96. The number of aryl methyl sites for hydroxylation is 2. The van der Waals surface area contributed by atoms with E-state index in [1.54, 1.807) is 34.1 Å². The number of urea groups is 1. The lowest BCUT2D eigenvalue weighted by Gasteiger charge is -2.22. The molecule has 1 aliphatic rings. The van der Waals surface area contributed by atoms with Crippen LogP contribution in [0.2, 0.25) is 5.02 Å². The molecule has 0 atom stereocenters. The van der Waals surface area contributed by atoms with Gasteiger partial charge in [-0.25, -0.2) is 4.79 Å². The van der Waals surface area contributed by atoms with E-state index in [0.717, 1.165) is 19.3 Å². The molecule has 0 unspecified atom stereocenters. The van der Waals surface area contributed by atoms with E-state index in [2.05, 4.69) is 22.4 Å². The summed E-state index contributed by atoms with van der Waals surface area (Å²) in [4.78, 5) is 32.9. The number of hydrogen-bond donors (Lipinski definition) is 1. The van der Waals surface area contributed by atoms with Crippen LogP contribution < -0.4 is 5.32 Å². The van der Waals surface area contributed by atoms with Crippen molar-refractivity contribution in [3.8, 4) is 0 Å². The molecule has 3 amide bonds. The van der Waals surface area contributed by atoms with Gasteiger partial charge in [0, 0.05) is 56.2 Å². The Hall–Kier alpha value is -2.61. The minimum Gasteiger partial charge on any atom is -0.341 e. The van der Waals surface area contributed by atoms with Gasteiger partial charge >= 0.3 is 6.03 Å². The van der Waals surface area contributed by atoms with Gasteiger partial charge in [0.2, 0.25) is 11.8 Å². The Morgan fingerprint density at radius 3 is 2.76 bits per heavy atom. The van der Waals surface area contributed by atoms with Gasteiger partial charge in [-0.3, -0.25) is 4.79 Å². The second-order valence-corrected chi connectivity index (χ2v) is 7.45. The predicted octanol–water partition coefficient (Wildman–Crippen LogP) is 3.37. The number of rotatable bonds is 6. The maximum Gasteiger partial charge on any atom is 0.321 e. The summed E-state index contributed by atoms with van der Waals surface area (Å²) in [6.45, 7) is 4.27. The first-order valence-corrected chi connectivity index (χ1v) is 10.3. The fraction of sp³-hybridized carbons (Fsp3) is 0.500. The van der Waals surface area contributed by atoms with Crippen LogP contribution >= 0.6 is 11.6 Å². The summed E-state index contributed by atoms with van der Waals surface area (Å²) in [5, 5.41) is 7.33. The fourth-order valence-corrected chi connectivity index (χ4v) is 3.42. The van der Waals surface area contributed by atoms with Crippen LogP contribution in [0, 0.1) is 0 Å². The summed E-state index contributed by atoms with van der Waals surface area (Å²) < 4.78 is 5.19. The van der Waals surface area contributed by atoms with Gasteiger partial charge in [0.25, 0.3) is 0 Å². The lowest BCUT2D eigenvalue weighted by molar-refractivity contribution is -0.131. The van der Waals surface area contributed by atoms with E-state index in [9.17, 15) is 9.59 Å². The molecule has 1 N–H and O–H groups in total. The Bertz CT molecular complexity index is 841. The van der Waals surface area contributed by atoms with Crippen molar-refractivity contribution in [3.63, 3.8) is 0 Å². The van der Waals surface area contributed by atoms with Crippen LogP contribution in [0.4, 0.5) is 10.5 Å². The van der Waals surface area contributed by atoms with Crippen molar-refractivity contribution < 1.29 is 14.1 Å². The minimum atomic E-state index is -0.184. The third kappa shape index (κ3) is 6.19. The van der Waals surface area contributed by atoms with Crippen LogP contribution in [0.3, 0.4) is 0 Å². The minimum absolute atomic E-state index is 0.0392. The van der Waals surface area contributed by atoms with E-state index in [1.807, 2.05) is 0 Å². The maximum atomic E-state index is 12.6. The van der Waals surface area contributed by atoms with Crippen LogP contribution in [0.1, 0.15) is 37.9 Å². The van der Waals surface area contributed by atoms with Gasteiger partial charge in [-0.05, 0) is 31.0 Å². The zero-order chi connectivity index (χ0) is 20.6.